The molecule has 0 saturated heterocycles. The fourth-order valence-corrected chi connectivity index (χ4v) is 4.13. The maximum atomic E-state index is 13.0. The zero-order valence-electron chi connectivity index (χ0n) is 17.5. The van der Waals surface area contributed by atoms with Crippen molar-refractivity contribution in [3.8, 4) is 21.6 Å². The molecule has 4 aromatic rings. The Bertz CT molecular complexity index is 1270. The summed E-state index contributed by atoms with van der Waals surface area (Å²) in [7, 11) is 0. The standard InChI is InChI=1S/C26H22N2O3S/c1-2-31-26(30)21-10-4-3-9-20(21)17-7-5-8-19(15-17)25(29)28-23-16-18(12-13-22(23)27)24-11-6-14-32-24/h3-16H,2,27H2,1H3,(H,28,29). The van der Waals surface area contributed by atoms with Crippen molar-refractivity contribution in [2.45, 2.75) is 6.92 Å². The number of nitrogens with one attached hydrogen (secondary N) is 1. The predicted octanol–water partition coefficient (Wildman–Crippen LogP) is 6.09. The lowest BCUT2D eigenvalue weighted by Gasteiger charge is -2.12. The highest BCUT2D eigenvalue weighted by atomic mass is 32.1. The van der Waals surface area contributed by atoms with Gasteiger partial charge in [0.2, 0.25) is 0 Å². The second kappa shape index (κ2) is 9.49. The fourth-order valence-electron chi connectivity index (χ4n) is 3.40. The maximum absolute atomic E-state index is 13.0. The molecule has 160 valence electrons. The number of rotatable bonds is 6. The molecule has 3 N–H and O–H groups in total. The average molecular weight is 443 g/mol. The van der Waals surface area contributed by atoms with Crippen molar-refractivity contribution in [3.63, 3.8) is 0 Å². The van der Waals surface area contributed by atoms with Crippen molar-refractivity contribution in [1.29, 1.82) is 0 Å². The predicted molar refractivity (Wildman–Crippen MR) is 130 cm³/mol. The second-order valence-corrected chi connectivity index (χ2v) is 8.03. The Balaban J connectivity index is 1.62. The SMILES string of the molecule is CCOC(=O)c1ccccc1-c1cccc(C(=O)Nc2cc(-c3cccs3)ccc2N)c1. The molecular weight excluding hydrogens is 420 g/mol. The fraction of sp³-hybridized carbons (Fsp3) is 0.0769. The minimum atomic E-state index is -0.392. The number of esters is 1. The minimum Gasteiger partial charge on any atom is -0.462 e. The Labute approximate surface area is 190 Å². The van der Waals surface area contributed by atoms with E-state index in [9.17, 15) is 9.59 Å². The number of amides is 1. The molecule has 0 spiro atoms. The molecule has 0 atom stereocenters. The maximum Gasteiger partial charge on any atom is 0.338 e. The second-order valence-electron chi connectivity index (χ2n) is 7.08. The van der Waals surface area contributed by atoms with Crippen LogP contribution in [0.1, 0.15) is 27.6 Å². The molecule has 1 heterocycles. The summed E-state index contributed by atoms with van der Waals surface area (Å²) in [5, 5.41) is 4.92. The van der Waals surface area contributed by atoms with E-state index >= 15 is 0 Å². The summed E-state index contributed by atoms with van der Waals surface area (Å²) in [5.41, 5.74) is 10.5. The number of carbonyl (C=O) groups excluding carboxylic acids is 2. The molecular formula is C26H22N2O3S. The molecule has 32 heavy (non-hydrogen) atoms. The van der Waals surface area contributed by atoms with E-state index in [0.717, 1.165) is 16.0 Å². The van der Waals surface area contributed by atoms with Crippen LogP contribution in [0.3, 0.4) is 0 Å². The Morgan fingerprint density at radius 2 is 1.78 bits per heavy atom. The number of carbonyl (C=O) groups is 2. The summed E-state index contributed by atoms with van der Waals surface area (Å²) in [4.78, 5) is 26.5. The quantitative estimate of drug-likeness (QED) is 0.279. The van der Waals surface area contributed by atoms with E-state index in [0.29, 0.717) is 34.7 Å². The van der Waals surface area contributed by atoms with E-state index in [1.807, 2.05) is 47.8 Å². The molecule has 0 unspecified atom stereocenters. The number of hydrogen-bond acceptors (Lipinski definition) is 5. The van der Waals surface area contributed by atoms with Crippen LogP contribution in [0.15, 0.2) is 84.2 Å². The topological polar surface area (TPSA) is 81.4 Å². The van der Waals surface area contributed by atoms with Crippen LogP contribution >= 0.6 is 11.3 Å². The number of anilines is 2. The number of benzene rings is 3. The Morgan fingerprint density at radius 3 is 2.56 bits per heavy atom. The van der Waals surface area contributed by atoms with Gasteiger partial charge in [-0.1, -0.05) is 42.5 Å². The number of nitrogen functional groups attached to an aromatic ring is 1. The third-order valence-electron chi connectivity index (χ3n) is 4.97. The van der Waals surface area contributed by atoms with Crippen molar-refractivity contribution in [2.75, 3.05) is 17.7 Å². The third-order valence-corrected chi connectivity index (χ3v) is 5.88. The summed E-state index contributed by atoms with van der Waals surface area (Å²) < 4.78 is 5.17. The van der Waals surface area contributed by atoms with Crippen molar-refractivity contribution >= 4 is 34.6 Å². The zero-order valence-corrected chi connectivity index (χ0v) is 18.3. The van der Waals surface area contributed by atoms with Crippen molar-refractivity contribution in [2.24, 2.45) is 0 Å². The van der Waals surface area contributed by atoms with Gasteiger partial charge in [0.05, 0.1) is 23.5 Å². The molecule has 0 fully saturated rings. The molecule has 1 amide bonds. The van der Waals surface area contributed by atoms with E-state index in [4.69, 9.17) is 10.5 Å². The van der Waals surface area contributed by atoms with Crippen LogP contribution in [0.25, 0.3) is 21.6 Å². The minimum absolute atomic E-state index is 0.282. The summed E-state index contributed by atoms with van der Waals surface area (Å²) in [6.07, 6.45) is 0. The molecule has 4 rings (SSSR count). The average Bonchev–Trinajstić information content (AvgIpc) is 3.36. The van der Waals surface area contributed by atoms with Gasteiger partial charge in [-0.25, -0.2) is 4.79 Å². The van der Waals surface area contributed by atoms with E-state index in [-0.39, 0.29) is 5.91 Å². The van der Waals surface area contributed by atoms with Crippen LogP contribution in [-0.4, -0.2) is 18.5 Å². The first kappa shape index (κ1) is 21.3. The van der Waals surface area contributed by atoms with Gasteiger partial charge in [-0.2, -0.15) is 0 Å². The number of thiophene rings is 1. The van der Waals surface area contributed by atoms with Crippen LogP contribution in [-0.2, 0) is 4.74 Å². The number of hydrogen-bond donors (Lipinski definition) is 2. The Morgan fingerprint density at radius 1 is 0.938 bits per heavy atom. The first-order chi connectivity index (χ1) is 15.6. The molecule has 3 aromatic carbocycles. The Kier molecular flexibility index (Phi) is 6.33. The lowest BCUT2D eigenvalue weighted by Crippen LogP contribution is -2.13. The summed E-state index contributed by atoms with van der Waals surface area (Å²) in [6.45, 7) is 2.06. The molecule has 5 nitrogen and oxygen atoms in total. The van der Waals surface area contributed by atoms with Gasteiger partial charge in [0.15, 0.2) is 0 Å². The zero-order chi connectivity index (χ0) is 22.5. The van der Waals surface area contributed by atoms with Gasteiger partial charge < -0.3 is 15.8 Å². The van der Waals surface area contributed by atoms with Crippen molar-refractivity contribution in [3.05, 3.63) is 95.4 Å². The summed E-state index contributed by atoms with van der Waals surface area (Å²) in [6, 6.07) is 23.9. The summed E-state index contributed by atoms with van der Waals surface area (Å²) in [5.74, 6) is -0.674. The van der Waals surface area contributed by atoms with Crippen LogP contribution in [0.2, 0.25) is 0 Å². The van der Waals surface area contributed by atoms with E-state index < -0.39 is 5.97 Å². The molecule has 1 aromatic heterocycles. The highest BCUT2D eigenvalue weighted by Gasteiger charge is 2.15. The first-order valence-corrected chi connectivity index (χ1v) is 11.1. The van der Waals surface area contributed by atoms with Gasteiger partial charge in [0.1, 0.15) is 0 Å². The van der Waals surface area contributed by atoms with Crippen molar-refractivity contribution in [1.82, 2.24) is 0 Å². The molecule has 6 heteroatoms. The first-order valence-electron chi connectivity index (χ1n) is 10.2. The van der Waals surface area contributed by atoms with E-state index in [1.54, 1.807) is 54.7 Å². The van der Waals surface area contributed by atoms with Gasteiger partial charge >= 0.3 is 5.97 Å². The highest BCUT2D eigenvalue weighted by Crippen LogP contribution is 2.31. The van der Waals surface area contributed by atoms with Gasteiger partial charge in [-0.15, -0.1) is 11.3 Å². The van der Waals surface area contributed by atoms with Gasteiger partial charge in [0.25, 0.3) is 5.91 Å². The largest absolute Gasteiger partial charge is 0.462 e. The molecule has 0 bridgehead atoms. The monoisotopic (exact) mass is 442 g/mol. The third kappa shape index (κ3) is 4.55. The molecule has 0 aliphatic heterocycles. The lowest BCUT2D eigenvalue weighted by atomic mass is 9.98. The number of nitrogens with two attached hydrogens (primary N) is 1. The lowest BCUT2D eigenvalue weighted by molar-refractivity contribution is 0.0527. The molecule has 0 aliphatic rings. The smallest absolute Gasteiger partial charge is 0.338 e. The van der Waals surface area contributed by atoms with Gasteiger partial charge in [-0.3, -0.25) is 4.79 Å². The number of ether oxygens (including phenoxy) is 1. The van der Waals surface area contributed by atoms with E-state index in [1.165, 1.54) is 0 Å². The van der Waals surface area contributed by atoms with Gasteiger partial charge in [-0.05, 0) is 65.4 Å². The molecule has 0 aliphatic carbocycles. The van der Waals surface area contributed by atoms with Crippen LogP contribution in [0, 0.1) is 0 Å². The normalized spacial score (nSPS) is 10.5. The molecule has 0 radical (unpaired) electrons. The Hall–Kier alpha value is -3.90. The van der Waals surface area contributed by atoms with Crippen molar-refractivity contribution < 1.29 is 14.3 Å². The van der Waals surface area contributed by atoms with Gasteiger partial charge in [0, 0.05) is 10.4 Å². The van der Waals surface area contributed by atoms with E-state index in [2.05, 4.69) is 5.32 Å². The summed E-state index contributed by atoms with van der Waals surface area (Å²) >= 11 is 1.62. The molecule has 0 saturated carbocycles. The van der Waals surface area contributed by atoms with Crippen LogP contribution < -0.4 is 11.1 Å². The highest BCUT2D eigenvalue weighted by molar-refractivity contribution is 7.13. The van der Waals surface area contributed by atoms with Crippen LogP contribution in [0.4, 0.5) is 11.4 Å². The van der Waals surface area contributed by atoms with Crippen LogP contribution in [0.5, 0.6) is 0 Å².